The van der Waals surface area contributed by atoms with Crippen molar-refractivity contribution in [3.05, 3.63) is 35.9 Å². The quantitative estimate of drug-likeness (QED) is 0.797. The van der Waals surface area contributed by atoms with E-state index in [1.807, 2.05) is 6.07 Å². The number of rotatable bonds is 5. The van der Waals surface area contributed by atoms with E-state index >= 15 is 0 Å². The van der Waals surface area contributed by atoms with Gasteiger partial charge in [0.2, 0.25) is 0 Å². The summed E-state index contributed by atoms with van der Waals surface area (Å²) >= 11 is 0. The topological polar surface area (TPSA) is 21.3 Å². The summed E-state index contributed by atoms with van der Waals surface area (Å²) in [4.78, 5) is 0. The molecule has 2 heteroatoms. The summed E-state index contributed by atoms with van der Waals surface area (Å²) < 4.78 is 5.81. The van der Waals surface area contributed by atoms with E-state index in [9.17, 15) is 0 Å². The molecule has 1 saturated heterocycles. The van der Waals surface area contributed by atoms with Gasteiger partial charge in [-0.25, -0.2) is 0 Å². The third-order valence-corrected chi connectivity index (χ3v) is 3.03. The van der Waals surface area contributed by atoms with Gasteiger partial charge in [-0.15, -0.1) is 0 Å². The van der Waals surface area contributed by atoms with E-state index in [-0.39, 0.29) is 6.10 Å². The highest BCUT2D eigenvalue weighted by molar-refractivity contribution is 5.16. The van der Waals surface area contributed by atoms with Crippen LogP contribution in [0.2, 0.25) is 0 Å². The zero-order valence-corrected chi connectivity index (χ0v) is 9.28. The van der Waals surface area contributed by atoms with E-state index in [1.54, 1.807) is 0 Å². The van der Waals surface area contributed by atoms with Crippen LogP contribution in [-0.2, 0) is 4.74 Å². The molecule has 0 radical (unpaired) electrons. The highest BCUT2D eigenvalue weighted by Gasteiger charge is 2.16. The standard InChI is InChI=1S/C13H19NO/c1-11(13-5-3-2-4-6-13)15-8-7-12-9-14-10-12/h2-6,11-12,14H,7-10H2,1H3. The van der Waals surface area contributed by atoms with Gasteiger partial charge >= 0.3 is 0 Å². The lowest BCUT2D eigenvalue weighted by Gasteiger charge is -2.27. The number of hydrogen-bond acceptors (Lipinski definition) is 2. The predicted octanol–water partition coefficient (Wildman–Crippen LogP) is 2.37. The average molecular weight is 205 g/mol. The van der Waals surface area contributed by atoms with Gasteiger partial charge in [-0.3, -0.25) is 0 Å². The minimum Gasteiger partial charge on any atom is -0.374 e. The smallest absolute Gasteiger partial charge is 0.0796 e. The van der Waals surface area contributed by atoms with Crippen LogP contribution in [0.3, 0.4) is 0 Å². The van der Waals surface area contributed by atoms with Gasteiger partial charge in [-0.1, -0.05) is 30.3 Å². The normalized spacial score (nSPS) is 18.5. The van der Waals surface area contributed by atoms with Crippen LogP contribution >= 0.6 is 0 Å². The molecular formula is C13H19NO. The van der Waals surface area contributed by atoms with Gasteiger partial charge in [-0.05, 0) is 37.9 Å². The first-order valence-corrected chi connectivity index (χ1v) is 5.73. The summed E-state index contributed by atoms with van der Waals surface area (Å²) in [7, 11) is 0. The SMILES string of the molecule is CC(OCCC1CNC1)c1ccccc1. The van der Waals surface area contributed by atoms with Crippen molar-refractivity contribution in [1.29, 1.82) is 0 Å². The van der Waals surface area contributed by atoms with Crippen molar-refractivity contribution in [3.63, 3.8) is 0 Å². The number of nitrogens with one attached hydrogen (secondary N) is 1. The molecule has 2 rings (SSSR count). The second-order valence-electron chi connectivity index (χ2n) is 4.24. The fourth-order valence-electron chi connectivity index (χ4n) is 1.78. The minimum atomic E-state index is 0.222. The van der Waals surface area contributed by atoms with Crippen LogP contribution in [-0.4, -0.2) is 19.7 Å². The molecule has 1 aromatic rings. The molecule has 0 aliphatic carbocycles. The molecule has 82 valence electrons. The van der Waals surface area contributed by atoms with Crippen LogP contribution < -0.4 is 5.32 Å². The average Bonchev–Trinajstić information content (AvgIpc) is 2.23. The molecule has 1 N–H and O–H groups in total. The minimum absolute atomic E-state index is 0.222. The van der Waals surface area contributed by atoms with E-state index in [0.717, 1.165) is 12.5 Å². The summed E-state index contributed by atoms with van der Waals surface area (Å²) in [5, 5.41) is 3.28. The number of benzene rings is 1. The molecule has 0 bridgehead atoms. The third-order valence-electron chi connectivity index (χ3n) is 3.03. The molecule has 0 spiro atoms. The van der Waals surface area contributed by atoms with Gasteiger partial charge in [0.15, 0.2) is 0 Å². The molecule has 1 heterocycles. The molecule has 1 fully saturated rings. The summed E-state index contributed by atoms with van der Waals surface area (Å²) in [5.41, 5.74) is 1.27. The van der Waals surface area contributed by atoms with E-state index < -0.39 is 0 Å². The Bertz CT molecular complexity index is 282. The lowest BCUT2D eigenvalue weighted by molar-refractivity contribution is 0.0513. The van der Waals surface area contributed by atoms with Gasteiger partial charge in [-0.2, -0.15) is 0 Å². The molecule has 1 aliphatic heterocycles. The van der Waals surface area contributed by atoms with Gasteiger partial charge in [0, 0.05) is 6.61 Å². The molecule has 0 saturated carbocycles. The van der Waals surface area contributed by atoms with Crippen molar-refractivity contribution in [2.75, 3.05) is 19.7 Å². The summed E-state index contributed by atoms with van der Waals surface area (Å²) in [6, 6.07) is 10.4. The molecular weight excluding hydrogens is 186 g/mol. The Morgan fingerprint density at radius 2 is 2.07 bits per heavy atom. The lowest BCUT2D eigenvalue weighted by atomic mass is 10.0. The molecule has 1 atom stereocenters. The monoisotopic (exact) mass is 205 g/mol. The largest absolute Gasteiger partial charge is 0.374 e. The second-order valence-corrected chi connectivity index (χ2v) is 4.24. The van der Waals surface area contributed by atoms with Gasteiger partial charge in [0.1, 0.15) is 0 Å². The Labute approximate surface area is 91.6 Å². The third kappa shape index (κ3) is 3.05. The number of ether oxygens (including phenoxy) is 1. The van der Waals surface area contributed by atoms with E-state index in [1.165, 1.54) is 25.1 Å². The van der Waals surface area contributed by atoms with Crippen LogP contribution in [0.5, 0.6) is 0 Å². The van der Waals surface area contributed by atoms with E-state index in [0.29, 0.717) is 0 Å². The zero-order chi connectivity index (χ0) is 10.5. The molecule has 0 amide bonds. The van der Waals surface area contributed by atoms with Crippen LogP contribution in [0, 0.1) is 5.92 Å². The highest BCUT2D eigenvalue weighted by atomic mass is 16.5. The van der Waals surface area contributed by atoms with Crippen molar-refractivity contribution in [2.24, 2.45) is 5.92 Å². The summed E-state index contributed by atoms with van der Waals surface area (Å²) in [5.74, 6) is 0.841. The van der Waals surface area contributed by atoms with Gasteiger partial charge < -0.3 is 10.1 Å². The molecule has 2 nitrogen and oxygen atoms in total. The summed E-state index contributed by atoms with van der Waals surface area (Å²) in [6.45, 7) is 5.34. The van der Waals surface area contributed by atoms with Crippen molar-refractivity contribution in [1.82, 2.24) is 5.32 Å². The fraction of sp³-hybridized carbons (Fsp3) is 0.538. The number of hydrogen-bond donors (Lipinski definition) is 1. The maximum Gasteiger partial charge on any atom is 0.0796 e. The van der Waals surface area contributed by atoms with E-state index in [2.05, 4.69) is 36.5 Å². The van der Waals surface area contributed by atoms with Crippen molar-refractivity contribution in [3.8, 4) is 0 Å². The molecule has 1 unspecified atom stereocenters. The fourth-order valence-corrected chi connectivity index (χ4v) is 1.78. The predicted molar refractivity (Wildman–Crippen MR) is 61.8 cm³/mol. The molecule has 15 heavy (non-hydrogen) atoms. The molecule has 0 aromatic heterocycles. The Balaban J connectivity index is 1.70. The van der Waals surface area contributed by atoms with Gasteiger partial charge in [0.05, 0.1) is 6.10 Å². The zero-order valence-electron chi connectivity index (χ0n) is 9.28. The summed E-state index contributed by atoms with van der Waals surface area (Å²) in [6.07, 6.45) is 1.41. The maximum absolute atomic E-state index is 5.81. The van der Waals surface area contributed by atoms with E-state index in [4.69, 9.17) is 4.74 Å². The van der Waals surface area contributed by atoms with Crippen LogP contribution in [0.4, 0.5) is 0 Å². The van der Waals surface area contributed by atoms with Crippen LogP contribution in [0.1, 0.15) is 25.0 Å². The Morgan fingerprint density at radius 1 is 1.33 bits per heavy atom. The first kappa shape index (κ1) is 10.7. The Kier molecular flexibility index (Phi) is 3.75. The maximum atomic E-state index is 5.81. The first-order chi connectivity index (χ1) is 7.36. The molecule has 1 aliphatic rings. The van der Waals surface area contributed by atoms with Crippen molar-refractivity contribution >= 4 is 0 Å². The molecule has 1 aromatic carbocycles. The lowest BCUT2D eigenvalue weighted by Crippen LogP contribution is -2.42. The Hall–Kier alpha value is -0.860. The second kappa shape index (κ2) is 5.29. The van der Waals surface area contributed by atoms with Crippen molar-refractivity contribution in [2.45, 2.75) is 19.4 Å². The van der Waals surface area contributed by atoms with Crippen LogP contribution in [0.15, 0.2) is 30.3 Å². The van der Waals surface area contributed by atoms with Crippen molar-refractivity contribution < 1.29 is 4.74 Å². The Morgan fingerprint density at radius 3 is 2.67 bits per heavy atom. The van der Waals surface area contributed by atoms with Gasteiger partial charge in [0.25, 0.3) is 0 Å². The first-order valence-electron chi connectivity index (χ1n) is 5.73. The van der Waals surface area contributed by atoms with Crippen LogP contribution in [0.25, 0.3) is 0 Å². The highest BCUT2D eigenvalue weighted by Crippen LogP contribution is 2.17.